The van der Waals surface area contributed by atoms with Gasteiger partial charge in [-0.15, -0.1) is 0 Å². The molecule has 2 unspecified atom stereocenters. The first-order valence-corrected chi connectivity index (χ1v) is 9.51. The van der Waals surface area contributed by atoms with Crippen LogP contribution in [0.15, 0.2) is 65.7 Å². The van der Waals surface area contributed by atoms with Crippen molar-refractivity contribution >= 4 is 29.0 Å². The van der Waals surface area contributed by atoms with E-state index in [9.17, 15) is 19.1 Å². The van der Waals surface area contributed by atoms with Crippen molar-refractivity contribution in [3.8, 4) is 0 Å². The van der Waals surface area contributed by atoms with Crippen LogP contribution < -0.4 is 5.32 Å². The molecule has 0 aliphatic carbocycles. The third-order valence-electron chi connectivity index (χ3n) is 4.60. The normalized spacial score (nSPS) is 19.6. The smallest absolute Gasteiger partial charge is 0.260 e. The van der Waals surface area contributed by atoms with Crippen LogP contribution in [0.4, 0.5) is 4.39 Å². The molecule has 1 aliphatic heterocycles. The number of nitrogens with one attached hydrogen (secondary N) is 1. The Morgan fingerprint density at radius 2 is 1.97 bits per heavy atom. The van der Waals surface area contributed by atoms with Crippen LogP contribution in [0, 0.1) is 5.82 Å². The standard InChI is InChI=1S/C22H20ClFN2O3/c1-14(27)11-12-25-21(29)22(16-3-2-4-18(24)13-16)20(28)10-9-19(26-22)15-5-7-17(23)8-6-15/h2-10,13-14,27H,11-12H2,1H3,(H,25,29). The number of hydrogen-bond donors (Lipinski definition) is 2. The first-order valence-electron chi connectivity index (χ1n) is 9.13. The third kappa shape index (κ3) is 4.44. The van der Waals surface area contributed by atoms with E-state index >= 15 is 0 Å². The van der Waals surface area contributed by atoms with E-state index in [4.69, 9.17) is 11.6 Å². The Bertz CT molecular complexity index is 986. The highest BCUT2D eigenvalue weighted by Crippen LogP contribution is 2.32. The van der Waals surface area contributed by atoms with Gasteiger partial charge in [0.25, 0.3) is 5.91 Å². The molecule has 1 amide bonds. The van der Waals surface area contributed by atoms with E-state index in [2.05, 4.69) is 10.3 Å². The topological polar surface area (TPSA) is 78.8 Å². The number of carbonyl (C=O) groups is 2. The van der Waals surface area contributed by atoms with Crippen molar-refractivity contribution in [1.29, 1.82) is 0 Å². The van der Waals surface area contributed by atoms with Crippen LogP contribution in [-0.4, -0.2) is 35.2 Å². The minimum Gasteiger partial charge on any atom is -0.393 e. The Morgan fingerprint density at radius 3 is 2.62 bits per heavy atom. The molecule has 0 radical (unpaired) electrons. The van der Waals surface area contributed by atoms with Gasteiger partial charge >= 0.3 is 0 Å². The molecule has 3 rings (SSSR count). The maximum absolute atomic E-state index is 13.9. The minimum atomic E-state index is -1.95. The van der Waals surface area contributed by atoms with Crippen LogP contribution in [0.3, 0.4) is 0 Å². The minimum absolute atomic E-state index is 0.132. The van der Waals surface area contributed by atoms with Crippen molar-refractivity contribution in [2.45, 2.75) is 25.0 Å². The monoisotopic (exact) mass is 414 g/mol. The van der Waals surface area contributed by atoms with Crippen molar-refractivity contribution in [3.63, 3.8) is 0 Å². The summed E-state index contributed by atoms with van der Waals surface area (Å²) in [6.45, 7) is 1.75. The van der Waals surface area contributed by atoms with Gasteiger partial charge in [0, 0.05) is 11.6 Å². The van der Waals surface area contributed by atoms with Crippen LogP contribution in [0.2, 0.25) is 5.02 Å². The summed E-state index contributed by atoms with van der Waals surface area (Å²) in [7, 11) is 0. The molecule has 1 heterocycles. The Kier molecular flexibility index (Phi) is 6.25. The summed E-state index contributed by atoms with van der Waals surface area (Å²) in [5.41, 5.74) is -0.760. The fourth-order valence-corrected chi connectivity index (χ4v) is 3.19. The van der Waals surface area contributed by atoms with Gasteiger partial charge in [-0.25, -0.2) is 4.39 Å². The van der Waals surface area contributed by atoms with Crippen LogP contribution in [0.5, 0.6) is 0 Å². The predicted octanol–water partition coefficient (Wildman–Crippen LogP) is 3.19. The van der Waals surface area contributed by atoms with Gasteiger partial charge in [-0.05, 0) is 60.9 Å². The zero-order valence-corrected chi connectivity index (χ0v) is 16.5. The number of amides is 1. The van der Waals surface area contributed by atoms with Gasteiger partial charge in [-0.1, -0.05) is 35.9 Å². The lowest BCUT2D eigenvalue weighted by Crippen LogP contribution is -2.50. The molecular weight excluding hydrogens is 395 g/mol. The van der Waals surface area contributed by atoms with Gasteiger partial charge < -0.3 is 10.4 Å². The molecule has 7 heteroatoms. The molecule has 150 valence electrons. The number of hydrogen-bond acceptors (Lipinski definition) is 4. The van der Waals surface area contributed by atoms with E-state index in [-0.39, 0.29) is 12.1 Å². The first kappa shape index (κ1) is 20.9. The number of carbonyl (C=O) groups excluding carboxylic acids is 2. The van der Waals surface area contributed by atoms with Crippen molar-refractivity contribution < 1.29 is 19.1 Å². The number of halogens is 2. The molecule has 5 nitrogen and oxygen atoms in total. The van der Waals surface area contributed by atoms with E-state index in [1.807, 2.05) is 0 Å². The number of aliphatic hydroxyl groups is 1. The second-order valence-corrected chi connectivity index (χ2v) is 7.25. The average Bonchev–Trinajstić information content (AvgIpc) is 2.69. The van der Waals surface area contributed by atoms with Gasteiger partial charge in [-0.2, -0.15) is 0 Å². The molecule has 0 saturated carbocycles. The maximum Gasteiger partial charge on any atom is 0.260 e. The number of aliphatic hydroxyl groups excluding tert-OH is 1. The van der Waals surface area contributed by atoms with Gasteiger partial charge in [-0.3, -0.25) is 14.6 Å². The largest absolute Gasteiger partial charge is 0.393 e. The summed E-state index contributed by atoms with van der Waals surface area (Å²) >= 11 is 5.94. The van der Waals surface area contributed by atoms with Crippen molar-refractivity contribution in [2.24, 2.45) is 4.99 Å². The van der Waals surface area contributed by atoms with Crippen molar-refractivity contribution in [3.05, 3.63) is 82.6 Å². The SMILES string of the molecule is CC(O)CCNC(=O)C1(c2cccc(F)c2)N=C(c2ccc(Cl)cc2)C=CC1=O. The lowest BCUT2D eigenvalue weighted by atomic mass is 9.82. The second kappa shape index (κ2) is 8.68. The molecule has 2 aromatic rings. The van der Waals surface area contributed by atoms with E-state index < -0.39 is 29.2 Å². The number of ketones is 1. The lowest BCUT2D eigenvalue weighted by molar-refractivity contribution is -0.134. The molecule has 2 N–H and O–H groups in total. The molecule has 0 fully saturated rings. The van der Waals surface area contributed by atoms with Crippen LogP contribution >= 0.6 is 11.6 Å². The van der Waals surface area contributed by atoms with E-state index in [0.717, 1.165) is 6.07 Å². The fraction of sp³-hybridized carbons (Fsp3) is 0.227. The number of nitrogens with zero attached hydrogens (tertiary/aromatic N) is 1. The van der Waals surface area contributed by atoms with Crippen molar-refractivity contribution in [2.75, 3.05) is 6.54 Å². The summed E-state index contributed by atoms with van der Waals surface area (Å²) < 4.78 is 13.9. The van der Waals surface area contributed by atoms with Gasteiger partial charge in [0.05, 0.1) is 11.8 Å². The number of rotatable bonds is 6. The molecule has 1 aliphatic rings. The summed E-state index contributed by atoms with van der Waals surface area (Å²) in [5, 5.41) is 12.6. The highest BCUT2D eigenvalue weighted by Gasteiger charge is 2.48. The Hall–Kier alpha value is -2.83. The maximum atomic E-state index is 13.9. The number of allylic oxidation sites excluding steroid dienone is 1. The Labute approximate surface area is 172 Å². The summed E-state index contributed by atoms with van der Waals surface area (Å²) in [6, 6.07) is 12.1. The zero-order valence-electron chi connectivity index (χ0n) is 15.7. The second-order valence-electron chi connectivity index (χ2n) is 6.82. The summed E-state index contributed by atoms with van der Waals surface area (Å²) in [5.74, 6) is -1.83. The fourth-order valence-electron chi connectivity index (χ4n) is 3.07. The Balaban J connectivity index is 2.10. The van der Waals surface area contributed by atoms with Gasteiger partial charge in [0.15, 0.2) is 5.78 Å². The van der Waals surface area contributed by atoms with Gasteiger partial charge in [0.1, 0.15) is 5.82 Å². The van der Waals surface area contributed by atoms with E-state index in [0.29, 0.717) is 22.7 Å². The van der Waals surface area contributed by atoms with Gasteiger partial charge in [0.2, 0.25) is 5.54 Å². The molecule has 2 atom stereocenters. The molecule has 0 spiro atoms. The highest BCUT2D eigenvalue weighted by atomic mass is 35.5. The molecule has 29 heavy (non-hydrogen) atoms. The predicted molar refractivity (Wildman–Crippen MR) is 110 cm³/mol. The number of aliphatic imine (C=N–C) groups is 1. The molecule has 0 bridgehead atoms. The Morgan fingerprint density at radius 1 is 1.24 bits per heavy atom. The summed E-state index contributed by atoms with van der Waals surface area (Å²) in [4.78, 5) is 30.6. The lowest BCUT2D eigenvalue weighted by Gasteiger charge is -2.30. The molecule has 0 aromatic heterocycles. The third-order valence-corrected chi connectivity index (χ3v) is 4.85. The highest BCUT2D eigenvalue weighted by molar-refractivity contribution is 6.31. The van der Waals surface area contributed by atoms with Crippen LogP contribution in [0.25, 0.3) is 0 Å². The average molecular weight is 415 g/mol. The molecule has 0 saturated heterocycles. The van der Waals surface area contributed by atoms with Crippen LogP contribution in [0.1, 0.15) is 24.5 Å². The number of dihydropyridines is 1. The van der Waals surface area contributed by atoms with Crippen LogP contribution in [-0.2, 0) is 15.1 Å². The first-order chi connectivity index (χ1) is 13.8. The molecule has 2 aromatic carbocycles. The summed E-state index contributed by atoms with van der Waals surface area (Å²) in [6.07, 6.45) is 2.49. The van der Waals surface area contributed by atoms with E-state index in [1.54, 1.807) is 31.2 Å². The van der Waals surface area contributed by atoms with E-state index in [1.165, 1.54) is 30.4 Å². The number of benzene rings is 2. The van der Waals surface area contributed by atoms with Crippen molar-refractivity contribution in [1.82, 2.24) is 5.32 Å². The zero-order chi connectivity index (χ0) is 21.0. The quantitative estimate of drug-likeness (QED) is 0.712. The molecular formula is C22H20ClFN2O3.